The molecule has 0 amide bonds. The summed E-state index contributed by atoms with van der Waals surface area (Å²) in [5.41, 5.74) is 1.30. The molecule has 1 rings (SSSR count). The molecule has 0 spiro atoms. The molecule has 0 aliphatic heterocycles. The van der Waals surface area contributed by atoms with Gasteiger partial charge in [0.05, 0.1) is 7.57 Å². The molecule has 0 bridgehead atoms. The van der Waals surface area contributed by atoms with E-state index < -0.39 is 0 Å². The van der Waals surface area contributed by atoms with E-state index in [2.05, 4.69) is 44.5 Å². The lowest BCUT2D eigenvalue weighted by atomic mass is 10.2. The van der Waals surface area contributed by atoms with Crippen LogP contribution in [0, 0.1) is 0 Å². The molecule has 0 saturated heterocycles. The van der Waals surface area contributed by atoms with Gasteiger partial charge in [-0.1, -0.05) is 6.08 Å². The molecule has 0 aliphatic carbocycles. The quantitative estimate of drug-likeness (QED) is 0.582. The number of hydrogen-bond acceptors (Lipinski definition) is 1. The van der Waals surface area contributed by atoms with Crippen LogP contribution < -0.4 is 0 Å². The standard InChI is InChI=1S/C7H6Br2S.Mg.2H/c1-2-3-5-4-6(8)10-7(5)9;;;/h2,4H,1,3H2;;;. The molecule has 0 atom stereocenters. The van der Waals surface area contributed by atoms with Crippen molar-refractivity contribution in [2.75, 3.05) is 0 Å². The van der Waals surface area contributed by atoms with Crippen LogP contribution in [0.4, 0.5) is 0 Å². The molecule has 0 aliphatic rings. The fourth-order valence-corrected chi connectivity index (χ4v) is 3.53. The Hall–Kier alpha value is 1.17. The van der Waals surface area contributed by atoms with Gasteiger partial charge in [0.15, 0.2) is 0 Å². The Labute approximate surface area is 103 Å². The molecule has 0 N–H and O–H groups in total. The van der Waals surface area contributed by atoms with Crippen molar-refractivity contribution in [3.8, 4) is 0 Å². The lowest BCUT2D eigenvalue weighted by molar-refractivity contribution is 1.29. The van der Waals surface area contributed by atoms with Gasteiger partial charge in [-0.15, -0.1) is 17.9 Å². The molecule has 0 radical (unpaired) electrons. The first-order valence-electron chi connectivity index (χ1n) is 2.78. The minimum absolute atomic E-state index is 0. The Morgan fingerprint density at radius 3 is 2.55 bits per heavy atom. The van der Waals surface area contributed by atoms with Crippen molar-refractivity contribution in [2.24, 2.45) is 0 Å². The van der Waals surface area contributed by atoms with Gasteiger partial charge < -0.3 is 0 Å². The molecule has 0 aromatic carbocycles. The summed E-state index contributed by atoms with van der Waals surface area (Å²) in [6.45, 7) is 3.67. The van der Waals surface area contributed by atoms with E-state index in [4.69, 9.17) is 0 Å². The highest BCUT2D eigenvalue weighted by atomic mass is 79.9. The number of thiophene rings is 1. The second-order valence-electron chi connectivity index (χ2n) is 1.84. The van der Waals surface area contributed by atoms with Crippen LogP contribution in [0.5, 0.6) is 0 Å². The van der Waals surface area contributed by atoms with E-state index >= 15 is 0 Å². The van der Waals surface area contributed by atoms with Crippen molar-refractivity contribution in [2.45, 2.75) is 6.42 Å². The summed E-state index contributed by atoms with van der Waals surface area (Å²) < 4.78 is 2.36. The van der Waals surface area contributed by atoms with Crippen molar-refractivity contribution in [1.29, 1.82) is 0 Å². The average Bonchev–Trinajstić information content (AvgIpc) is 2.13. The third-order valence-electron chi connectivity index (χ3n) is 1.09. The minimum Gasteiger partial charge on any atom is -0.121 e. The monoisotopic (exact) mass is 306 g/mol. The fourth-order valence-electron chi connectivity index (χ4n) is 0.669. The summed E-state index contributed by atoms with van der Waals surface area (Å²) in [6.07, 6.45) is 2.84. The molecule has 0 nitrogen and oxygen atoms in total. The topological polar surface area (TPSA) is 0 Å². The Morgan fingerprint density at radius 2 is 2.18 bits per heavy atom. The van der Waals surface area contributed by atoms with E-state index in [0.29, 0.717) is 0 Å². The summed E-state index contributed by atoms with van der Waals surface area (Å²) >= 11 is 8.56. The molecule has 1 aromatic rings. The van der Waals surface area contributed by atoms with Crippen LogP contribution >= 0.6 is 43.2 Å². The highest BCUT2D eigenvalue weighted by Gasteiger charge is 2.01. The van der Waals surface area contributed by atoms with Gasteiger partial charge in [0.2, 0.25) is 0 Å². The first-order chi connectivity index (χ1) is 4.74. The van der Waals surface area contributed by atoms with E-state index in [9.17, 15) is 0 Å². The first kappa shape index (κ1) is 12.2. The van der Waals surface area contributed by atoms with Gasteiger partial charge in [0.25, 0.3) is 0 Å². The van der Waals surface area contributed by atoms with Gasteiger partial charge in [-0.2, -0.15) is 0 Å². The molecule has 0 saturated carbocycles. The second-order valence-corrected chi connectivity index (χ2v) is 5.59. The van der Waals surface area contributed by atoms with Crippen LogP contribution in [0.3, 0.4) is 0 Å². The zero-order chi connectivity index (χ0) is 7.56. The van der Waals surface area contributed by atoms with E-state index in [-0.39, 0.29) is 23.1 Å². The Bertz CT molecular complexity index is 245. The summed E-state index contributed by atoms with van der Waals surface area (Å²) in [5.74, 6) is 0. The second kappa shape index (κ2) is 5.75. The SMILES string of the molecule is C=CCc1cc(Br)sc1Br.[MgH2]. The maximum Gasteiger partial charge on any atom is 0.316 e. The molecular formula is C7H8Br2MgS. The fraction of sp³-hybridized carbons (Fsp3) is 0.143. The smallest absolute Gasteiger partial charge is 0.121 e. The molecule has 1 aromatic heterocycles. The van der Waals surface area contributed by atoms with Gasteiger partial charge in [0.1, 0.15) is 0 Å². The van der Waals surface area contributed by atoms with E-state index in [0.717, 1.165) is 10.2 Å². The van der Waals surface area contributed by atoms with Crippen LogP contribution in [-0.4, -0.2) is 23.1 Å². The maximum absolute atomic E-state index is 3.67. The first-order valence-corrected chi connectivity index (χ1v) is 5.19. The van der Waals surface area contributed by atoms with Crippen molar-refractivity contribution >= 4 is 66.2 Å². The molecule has 58 valence electrons. The van der Waals surface area contributed by atoms with Gasteiger partial charge in [0, 0.05) is 0 Å². The van der Waals surface area contributed by atoms with Gasteiger partial charge in [-0.05, 0) is 49.9 Å². The Kier molecular flexibility index (Phi) is 6.36. The minimum atomic E-state index is 0. The van der Waals surface area contributed by atoms with Gasteiger partial charge >= 0.3 is 23.1 Å². The number of allylic oxidation sites excluding steroid dienone is 1. The average molecular weight is 308 g/mol. The summed E-state index contributed by atoms with van der Waals surface area (Å²) in [5, 5.41) is 0. The largest absolute Gasteiger partial charge is 0.316 e. The predicted octanol–water partition coefficient (Wildman–Crippen LogP) is 3.09. The summed E-state index contributed by atoms with van der Waals surface area (Å²) in [4.78, 5) is 0. The molecule has 4 heteroatoms. The number of halogens is 2. The summed E-state index contributed by atoms with van der Waals surface area (Å²) in [7, 11) is 0. The zero-order valence-electron chi connectivity index (χ0n) is 5.23. The van der Waals surface area contributed by atoms with Crippen LogP contribution in [0.2, 0.25) is 0 Å². The molecule has 0 unspecified atom stereocenters. The Morgan fingerprint density at radius 1 is 1.55 bits per heavy atom. The normalized spacial score (nSPS) is 8.91. The lowest BCUT2D eigenvalue weighted by Crippen LogP contribution is -1.73. The van der Waals surface area contributed by atoms with Gasteiger partial charge in [-0.25, -0.2) is 0 Å². The highest BCUT2D eigenvalue weighted by molar-refractivity contribution is 9.12. The van der Waals surface area contributed by atoms with E-state index in [1.807, 2.05) is 6.08 Å². The lowest BCUT2D eigenvalue weighted by Gasteiger charge is -1.87. The van der Waals surface area contributed by atoms with Crippen LogP contribution in [0.15, 0.2) is 26.3 Å². The van der Waals surface area contributed by atoms with Crippen LogP contribution in [-0.2, 0) is 6.42 Å². The van der Waals surface area contributed by atoms with Crippen LogP contribution in [0.25, 0.3) is 0 Å². The third kappa shape index (κ3) is 3.59. The van der Waals surface area contributed by atoms with Crippen molar-refractivity contribution in [1.82, 2.24) is 0 Å². The highest BCUT2D eigenvalue weighted by Crippen LogP contribution is 2.31. The number of hydrogen-bond donors (Lipinski definition) is 0. The van der Waals surface area contributed by atoms with Crippen molar-refractivity contribution in [3.63, 3.8) is 0 Å². The van der Waals surface area contributed by atoms with E-state index in [1.165, 1.54) is 9.35 Å². The number of rotatable bonds is 2. The molecule has 11 heavy (non-hydrogen) atoms. The third-order valence-corrected chi connectivity index (χ3v) is 3.56. The molecule has 0 fully saturated rings. The van der Waals surface area contributed by atoms with Crippen molar-refractivity contribution < 1.29 is 0 Å². The zero-order valence-corrected chi connectivity index (χ0v) is 9.22. The van der Waals surface area contributed by atoms with E-state index in [1.54, 1.807) is 11.3 Å². The molecule has 1 heterocycles. The van der Waals surface area contributed by atoms with Crippen LogP contribution in [0.1, 0.15) is 5.56 Å². The Balaban J connectivity index is 0.000001000. The maximum atomic E-state index is 3.67. The summed E-state index contributed by atoms with van der Waals surface area (Å²) in [6, 6.07) is 2.11. The van der Waals surface area contributed by atoms with Gasteiger partial charge in [-0.3, -0.25) is 0 Å². The van der Waals surface area contributed by atoms with Crippen molar-refractivity contribution in [3.05, 3.63) is 31.9 Å². The predicted molar refractivity (Wildman–Crippen MR) is 62.2 cm³/mol. The molecular weight excluding hydrogens is 300 g/mol.